The Labute approximate surface area is 158 Å². The van der Waals surface area contributed by atoms with E-state index in [1.165, 1.54) is 17.6 Å². The van der Waals surface area contributed by atoms with E-state index >= 15 is 0 Å². The molecule has 2 aromatic rings. The highest BCUT2D eigenvalue weighted by atomic mass is 32.1. The minimum absolute atomic E-state index is 0.0794. The minimum Gasteiger partial charge on any atom is -0.473 e. The fourth-order valence-electron chi connectivity index (χ4n) is 2.38. The number of carboxylic acids is 2. The van der Waals surface area contributed by atoms with E-state index in [1.807, 2.05) is 17.5 Å². The molecule has 1 saturated heterocycles. The number of amides is 1. The number of Topliss-reactive ketones (excluding diaryl/α,β-unsaturated/α-hetero) is 1. The molecule has 2 N–H and O–H groups in total. The van der Waals surface area contributed by atoms with E-state index in [-0.39, 0.29) is 11.7 Å². The van der Waals surface area contributed by atoms with Crippen LogP contribution in [-0.2, 0) is 9.59 Å². The van der Waals surface area contributed by atoms with Crippen LogP contribution in [0.2, 0.25) is 0 Å². The maximum atomic E-state index is 12.1. The van der Waals surface area contributed by atoms with Gasteiger partial charge < -0.3 is 19.5 Å². The Balaban J connectivity index is 0.000000380. The number of rotatable bonds is 4. The summed E-state index contributed by atoms with van der Waals surface area (Å²) in [4.78, 5) is 47.0. The molecular weight excluding hydrogens is 376 g/mol. The van der Waals surface area contributed by atoms with E-state index in [1.54, 1.807) is 17.0 Å². The maximum Gasteiger partial charge on any atom is 0.414 e. The van der Waals surface area contributed by atoms with Gasteiger partial charge in [0.05, 0.1) is 17.7 Å². The number of aliphatic carboxylic acids is 2. The van der Waals surface area contributed by atoms with Crippen molar-refractivity contribution in [2.24, 2.45) is 0 Å². The van der Waals surface area contributed by atoms with Crippen molar-refractivity contribution in [1.29, 1.82) is 0 Å². The average molecular weight is 394 g/mol. The number of carbonyl (C=O) groups excluding carboxylic acids is 2. The van der Waals surface area contributed by atoms with Crippen LogP contribution in [0.15, 0.2) is 40.3 Å². The zero-order valence-corrected chi connectivity index (χ0v) is 15.1. The van der Waals surface area contributed by atoms with E-state index in [0.29, 0.717) is 38.5 Å². The number of carboxylic acid groups (broad SMARTS) is 2. The van der Waals surface area contributed by atoms with E-state index in [0.717, 1.165) is 4.88 Å². The van der Waals surface area contributed by atoms with Crippen LogP contribution in [0.3, 0.4) is 0 Å². The first-order valence-electron chi connectivity index (χ1n) is 7.96. The maximum absolute atomic E-state index is 12.1. The summed E-state index contributed by atoms with van der Waals surface area (Å²) in [5.74, 6) is -3.21. The predicted octanol–water partition coefficient (Wildman–Crippen LogP) is 1.14. The van der Waals surface area contributed by atoms with Crippen molar-refractivity contribution in [2.45, 2.75) is 0 Å². The fourth-order valence-corrected chi connectivity index (χ4v) is 3.04. The Hall–Kier alpha value is -2.98. The number of furan rings is 1. The Bertz CT molecular complexity index is 766. The molecule has 144 valence electrons. The zero-order chi connectivity index (χ0) is 19.8. The molecule has 0 unspecified atom stereocenters. The molecule has 9 nitrogen and oxygen atoms in total. The number of hydrogen-bond acceptors (Lipinski definition) is 7. The first kappa shape index (κ1) is 20.3. The van der Waals surface area contributed by atoms with Crippen molar-refractivity contribution in [3.63, 3.8) is 0 Å². The van der Waals surface area contributed by atoms with Crippen LogP contribution >= 0.6 is 11.3 Å². The molecule has 0 atom stereocenters. The highest BCUT2D eigenvalue weighted by Crippen LogP contribution is 2.12. The number of piperazine rings is 1. The summed E-state index contributed by atoms with van der Waals surface area (Å²) >= 11 is 1.47. The lowest BCUT2D eigenvalue weighted by Gasteiger charge is -2.33. The minimum atomic E-state index is -1.82. The van der Waals surface area contributed by atoms with Crippen LogP contribution in [0.5, 0.6) is 0 Å². The Morgan fingerprint density at radius 2 is 1.67 bits per heavy atom. The summed E-state index contributed by atoms with van der Waals surface area (Å²) in [7, 11) is 0. The molecule has 3 rings (SSSR count). The van der Waals surface area contributed by atoms with Gasteiger partial charge in [-0.05, 0) is 23.6 Å². The second-order valence-electron chi connectivity index (χ2n) is 5.56. The number of nitrogens with zero attached hydrogens (tertiary/aromatic N) is 2. The van der Waals surface area contributed by atoms with E-state index in [2.05, 4.69) is 4.90 Å². The van der Waals surface area contributed by atoms with Crippen LogP contribution < -0.4 is 0 Å². The third-order valence-corrected chi connectivity index (χ3v) is 4.65. The van der Waals surface area contributed by atoms with Gasteiger partial charge in [-0.1, -0.05) is 6.07 Å². The second-order valence-corrected chi connectivity index (χ2v) is 6.50. The largest absolute Gasteiger partial charge is 0.473 e. The summed E-state index contributed by atoms with van der Waals surface area (Å²) < 4.78 is 5.13. The molecule has 2 aromatic heterocycles. The van der Waals surface area contributed by atoms with Crippen molar-refractivity contribution in [1.82, 2.24) is 9.80 Å². The number of ketones is 1. The SMILES string of the molecule is O=C(CN1CCN(C(=O)c2ccco2)CC1)c1cccs1.O=C(O)C(=O)O. The fraction of sp³-hybridized carbons (Fsp3) is 0.294. The standard InChI is InChI=1S/C15H16N2O3S.C2H2O4/c18-12(14-4-2-10-21-14)11-16-5-7-17(8-6-16)15(19)13-3-1-9-20-13;3-1(4)2(5)6/h1-4,9-10H,5-8,11H2;(H,3,4)(H,5,6). The van der Waals surface area contributed by atoms with Gasteiger partial charge in [0.25, 0.3) is 5.91 Å². The topological polar surface area (TPSA) is 128 Å². The van der Waals surface area contributed by atoms with E-state index in [9.17, 15) is 9.59 Å². The van der Waals surface area contributed by atoms with Crippen LogP contribution in [0, 0.1) is 0 Å². The lowest BCUT2D eigenvalue weighted by atomic mass is 10.2. The molecule has 10 heteroatoms. The van der Waals surface area contributed by atoms with Gasteiger partial charge >= 0.3 is 11.9 Å². The summed E-state index contributed by atoms with van der Waals surface area (Å²) in [5.41, 5.74) is 0. The van der Waals surface area contributed by atoms with E-state index < -0.39 is 11.9 Å². The highest BCUT2D eigenvalue weighted by molar-refractivity contribution is 7.12. The summed E-state index contributed by atoms with van der Waals surface area (Å²) in [5, 5.41) is 16.7. The Morgan fingerprint density at radius 3 is 2.15 bits per heavy atom. The molecule has 27 heavy (non-hydrogen) atoms. The molecule has 3 heterocycles. The van der Waals surface area contributed by atoms with Gasteiger partial charge in [-0.25, -0.2) is 9.59 Å². The Kier molecular flexibility index (Phi) is 7.26. The van der Waals surface area contributed by atoms with Crippen LogP contribution in [0.4, 0.5) is 0 Å². The van der Waals surface area contributed by atoms with Gasteiger partial charge in [0.1, 0.15) is 0 Å². The zero-order valence-electron chi connectivity index (χ0n) is 14.2. The molecule has 0 bridgehead atoms. The van der Waals surface area contributed by atoms with Gasteiger partial charge in [0.2, 0.25) is 0 Å². The van der Waals surface area contributed by atoms with Crippen LogP contribution in [0.1, 0.15) is 20.2 Å². The van der Waals surface area contributed by atoms with Crippen molar-refractivity contribution in [3.8, 4) is 0 Å². The van der Waals surface area contributed by atoms with Gasteiger partial charge in [0, 0.05) is 26.2 Å². The monoisotopic (exact) mass is 394 g/mol. The molecule has 0 aliphatic carbocycles. The molecule has 0 aromatic carbocycles. The molecule has 0 radical (unpaired) electrons. The molecular formula is C17H18N2O7S. The quantitative estimate of drug-likeness (QED) is 0.583. The lowest BCUT2D eigenvalue weighted by molar-refractivity contribution is -0.159. The summed E-state index contributed by atoms with van der Waals surface area (Å²) in [6.07, 6.45) is 1.50. The van der Waals surface area contributed by atoms with Gasteiger partial charge in [-0.2, -0.15) is 0 Å². The average Bonchev–Trinajstić information content (AvgIpc) is 3.36. The van der Waals surface area contributed by atoms with Crippen LogP contribution in [-0.4, -0.2) is 76.4 Å². The number of carbonyl (C=O) groups is 4. The normalized spacial score (nSPS) is 14.1. The Morgan fingerprint density at radius 1 is 1.00 bits per heavy atom. The third-order valence-electron chi connectivity index (χ3n) is 3.74. The third kappa shape index (κ3) is 6.04. The summed E-state index contributed by atoms with van der Waals surface area (Å²) in [6, 6.07) is 7.12. The highest BCUT2D eigenvalue weighted by Gasteiger charge is 2.24. The van der Waals surface area contributed by atoms with Gasteiger partial charge in [-0.15, -0.1) is 11.3 Å². The lowest BCUT2D eigenvalue weighted by Crippen LogP contribution is -2.49. The molecule has 0 spiro atoms. The predicted molar refractivity (Wildman–Crippen MR) is 95.0 cm³/mol. The molecule has 0 saturated carbocycles. The molecule has 1 amide bonds. The van der Waals surface area contributed by atoms with Crippen molar-refractivity contribution < 1.29 is 33.8 Å². The smallest absolute Gasteiger partial charge is 0.414 e. The molecule has 1 fully saturated rings. The van der Waals surface area contributed by atoms with Crippen molar-refractivity contribution in [3.05, 3.63) is 46.5 Å². The van der Waals surface area contributed by atoms with Gasteiger partial charge in [0.15, 0.2) is 11.5 Å². The molecule has 1 aliphatic heterocycles. The summed E-state index contributed by atoms with van der Waals surface area (Å²) in [6.45, 7) is 3.09. The van der Waals surface area contributed by atoms with Crippen LogP contribution in [0.25, 0.3) is 0 Å². The van der Waals surface area contributed by atoms with E-state index in [4.69, 9.17) is 24.2 Å². The van der Waals surface area contributed by atoms with Crippen molar-refractivity contribution >= 4 is 35.0 Å². The second kappa shape index (κ2) is 9.64. The number of thiophene rings is 1. The van der Waals surface area contributed by atoms with Gasteiger partial charge in [-0.3, -0.25) is 14.5 Å². The first-order chi connectivity index (χ1) is 12.9. The first-order valence-corrected chi connectivity index (χ1v) is 8.84. The number of hydrogen-bond donors (Lipinski definition) is 2. The van der Waals surface area contributed by atoms with Crippen molar-refractivity contribution in [2.75, 3.05) is 32.7 Å². The molecule has 1 aliphatic rings.